The molecule has 0 atom stereocenters. The van der Waals surface area contributed by atoms with E-state index in [1.54, 1.807) is 6.33 Å². The van der Waals surface area contributed by atoms with Crippen LogP contribution in [0.4, 0.5) is 0 Å². The van der Waals surface area contributed by atoms with Crippen LogP contribution in [0.1, 0.15) is 90.5 Å². The van der Waals surface area contributed by atoms with Gasteiger partial charge in [-0.2, -0.15) is 0 Å². The van der Waals surface area contributed by atoms with E-state index in [4.69, 9.17) is 9.47 Å². The van der Waals surface area contributed by atoms with Gasteiger partial charge in [0.25, 0.3) is 6.71 Å². The molecular weight excluding hydrogens is 575 g/mol. The molecule has 47 heavy (non-hydrogen) atoms. The number of aromatic nitrogens is 2. The SMILES string of the molecule is CC1(C)CC(C)(C)c2cc(-c3ccc4c(c3)Oc3ncnc5c3B4c3ccc(-c4ccc6c(c4)C(C)(C)CC6(C)C)cc3O5)ccc21. The summed E-state index contributed by atoms with van der Waals surface area (Å²) in [6, 6.07) is 27.3. The average molecular weight is 617 g/mol. The van der Waals surface area contributed by atoms with Gasteiger partial charge in [0, 0.05) is 0 Å². The monoisotopic (exact) mass is 616 g/mol. The minimum absolute atomic E-state index is 0.0729. The molecular formula is C42H41BN2O2. The quantitative estimate of drug-likeness (QED) is 0.183. The molecule has 5 aromatic rings. The lowest BCUT2D eigenvalue weighted by molar-refractivity contribution is 0.402. The molecule has 4 aromatic carbocycles. The van der Waals surface area contributed by atoms with Gasteiger partial charge in [-0.3, -0.25) is 0 Å². The van der Waals surface area contributed by atoms with Crippen molar-refractivity contribution in [1.82, 2.24) is 9.97 Å². The molecule has 4 nitrogen and oxygen atoms in total. The first-order valence-corrected chi connectivity index (χ1v) is 17.0. The maximum atomic E-state index is 6.51. The number of ether oxygens (including phenoxy) is 2. The van der Waals surface area contributed by atoms with Crippen molar-refractivity contribution >= 4 is 23.1 Å². The van der Waals surface area contributed by atoms with E-state index in [-0.39, 0.29) is 28.4 Å². The van der Waals surface area contributed by atoms with E-state index >= 15 is 0 Å². The third kappa shape index (κ3) is 4.14. The Morgan fingerprint density at radius 1 is 0.489 bits per heavy atom. The van der Waals surface area contributed by atoms with Crippen LogP contribution in [0.5, 0.6) is 23.3 Å². The van der Waals surface area contributed by atoms with Crippen molar-refractivity contribution in [2.75, 3.05) is 0 Å². The Morgan fingerprint density at radius 2 is 0.872 bits per heavy atom. The van der Waals surface area contributed by atoms with Gasteiger partial charge < -0.3 is 9.47 Å². The van der Waals surface area contributed by atoms with Crippen LogP contribution in [0.2, 0.25) is 0 Å². The minimum atomic E-state index is -0.0729. The fourth-order valence-electron chi connectivity index (χ4n) is 9.88. The van der Waals surface area contributed by atoms with Gasteiger partial charge in [-0.05, 0) is 102 Å². The first-order chi connectivity index (χ1) is 22.2. The summed E-state index contributed by atoms with van der Waals surface area (Å²) < 4.78 is 13.0. The van der Waals surface area contributed by atoms with Crippen LogP contribution in [0.25, 0.3) is 22.3 Å². The van der Waals surface area contributed by atoms with Crippen LogP contribution in [0, 0.1) is 0 Å². The molecule has 0 amide bonds. The molecule has 0 bridgehead atoms. The van der Waals surface area contributed by atoms with Crippen LogP contribution in [0.15, 0.2) is 79.1 Å². The Balaban J connectivity index is 1.13. The first-order valence-electron chi connectivity index (χ1n) is 17.0. The number of fused-ring (bicyclic) bond motifs is 6. The normalized spacial score (nSPS) is 19.4. The number of rotatable bonds is 2. The topological polar surface area (TPSA) is 44.2 Å². The second kappa shape index (κ2) is 9.15. The predicted molar refractivity (Wildman–Crippen MR) is 192 cm³/mol. The van der Waals surface area contributed by atoms with Gasteiger partial charge in [0.1, 0.15) is 17.8 Å². The second-order valence-electron chi connectivity index (χ2n) is 16.9. The Morgan fingerprint density at radius 3 is 1.32 bits per heavy atom. The van der Waals surface area contributed by atoms with Crippen LogP contribution in [-0.4, -0.2) is 16.7 Å². The van der Waals surface area contributed by atoms with E-state index in [0.717, 1.165) is 51.9 Å². The van der Waals surface area contributed by atoms with E-state index in [2.05, 4.69) is 138 Å². The van der Waals surface area contributed by atoms with E-state index in [9.17, 15) is 0 Å². The number of nitrogens with zero attached hydrogens (tertiary/aromatic N) is 2. The summed E-state index contributed by atoms with van der Waals surface area (Å²) in [6.07, 6.45) is 3.85. The Labute approximate surface area is 278 Å². The second-order valence-corrected chi connectivity index (χ2v) is 16.9. The summed E-state index contributed by atoms with van der Waals surface area (Å²) >= 11 is 0. The maximum absolute atomic E-state index is 6.51. The molecule has 234 valence electrons. The summed E-state index contributed by atoms with van der Waals surface area (Å²) in [5.41, 5.74) is 14.3. The van der Waals surface area contributed by atoms with Crippen molar-refractivity contribution in [3.05, 3.63) is 101 Å². The largest absolute Gasteiger partial charge is 0.440 e. The van der Waals surface area contributed by atoms with Gasteiger partial charge in [0.05, 0.1) is 5.46 Å². The van der Waals surface area contributed by atoms with Crippen molar-refractivity contribution < 1.29 is 9.47 Å². The van der Waals surface area contributed by atoms with Gasteiger partial charge >= 0.3 is 0 Å². The van der Waals surface area contributed by atoms with Gasteiger partial charge in [0.2, 0.25) is 11.8 Å². The molecule has 4 aliphatic rings. The van der Waals surface area contributed by atoms with Gasteiger partial charge in [-0.15, -0.1) is 0 Å². The molecule has 0 radical (unpaired) electrons. The molecule has 0 unspecified atom stereocenters. The Bertz CT molecular complexity index is 2030. The molecule has 0 N–H and O–H groups in total. The van der Waals surface area contributed by atoms with E-state index < -0.39 is 0 Å². The van der Waals surface area contributed by atoms with Crippen LogP contribution in [0.3, 0.4) is 0 Å². The summed E-state index contributed by atoms with van der Waals surface area (Å²) in [5.74, 6) is 2.81. The maximum Gasteiger partial charge on any atom is 0.265 e. The molecule has 2 aliphatic heterocycles. The number of benzene rings is 4. The summed E-state index contributed by atoms with van der Waals surface area (Å²) in [4.78, 5) is 9.16. The third-order valence-electron chi connectivity index (χ3n) is 11.6. The van der Waals surface area contributed by atoms with Crippen LogP contribution >= 0.6 is 0 Å². The predicted octanol–water partition coefficient (Wildman–Crippen LogP) is 8.46. The third-order valence-corrected chi connectivity index (χ3v) is 11.6. The smallest absolute Gasteiger partial charge is 0.265 e. The zero-order chi connectivity index (χ0) is 32.7. The highest BCUT2D eigenvalue weighted by atomic mass is 16.5. The minimum Gasteiger partial charge on any atom is -0.440 e. The molecule has 5 heteroatoms. The molecule has 0 saturated carbocycles. The number of hydrogen-bond acceptors (Lipinski definition) is 4. The van der Waals surface area contributed by atoms with Gasteiger partial charge in [0.15, 0.2) is 0 Å². The van der Waals surface area contributed by atoms with E-state index in [0.29, 0.717) is 11.8 Å². The number of hydrogen-bond donors (Lipinski definition) is 0. The Kier molecular flexibility index (Phi) is 5.61. The van der Waals surface area contributed by atoms with Crippen molar-refractivity contribution in [2.24, 2.45) is 0 Å². The van der Waals surface area contributed by atoms with E-state index in [1.165, 1.54) is 33.4 Å². The highest BCUT2D eigenvalue weighted by molar-refractivity contribution is 6.98. The highest BCUT2D eigenvalue weighted by Crippen LogP contribution is 2.51. The van der Waals surface area contributed by atoms with Crippen molar-refractivity contribution in [3.63, 3.8) is 0 Å². The zero-order valence-electron chi connectivity index (χ0n) is 28.7. The fourth-order valence-corrected chi connectivity index (χ4v) is 9.88. The summed E-state index contributed by atoms with van der Waals surface area (Å²) in [5, 5.41) is 0. The molecule has 3 heterocycles. The standard InChI is InChI=1S/C42H41BN2O2/c1-39(2)21-41(5,6)30-17-24(9-13-28(30)39)26-11-15-32-34(19-26)46-37-36-38(45-23-44-37)47-35-20-27(12-16-33(35)43(32)36)25-10-14-29-31(18-25)42(7,8)22-40(29,3)4/h9-20,23H,21-22H2,1-8H3. The highest BCUT2D eigenvalue weighted by Gasteiger charge is 2.44. The molecule has 2 aliphatic carbocycles. The Hall–Kier alpha value is -4.38. The lowest BCUT2D eigenvalue weighted by Crippen LogP contribution is -2.57. The molecule has 0 fully saturated rings. The zero-order valence-corrected chi connectivity index (χ0v) is 28.7. The molecule has 9 rings (SSSR count). The van der Waals surface area contributed by atoms with E-state index in [1.807, 2.05) is 0 Å². The summed E-state index contributed by atoms with van der Waals surface area (Å²) in [6.45, 7) is 18.9. The molecule has 0 spiro atoms. The van der Waals surface area contributed by atoms with Gasteiger partial charge in [-0.25, -0.2) is 9.97 Å². The molecule has 0 saturated heterocycles. The molecule has 1 aromatic heterocycles. The first kappa shape index (κ1) is 28.8. The summed E-state index contributed by atoms with van der Waals surface area (Å²) in [7, 11) is 0. The van der Waals surface area contributed by atoms with Crippen LogP contribution in [-0.2, 0) is 21.7 Å². The van der Waals surface area contributed by atoms with Crippen molar-refractivity contribution in [3.8, 4) is 45.5 Å². The van der Waals surface area contributed by atoms with Crippen LogP contribution < -0.4 is 25.9 Å². The lowest BCUT2D eigenvalue weighted by Gasteiger charge is -2.31. The lowest BCUT2D eigenvalue weighted by atomic mass is 9.35. The van der Waals surface area contributed by atoms with Gasteiger partial charge in [-0.1, -0.05) is 116 Å². The van der Waals surface area contributed by atoms with Crippen molar-refractivity contribution in [2.45, 2.75) is 89.9 Å². The average Bonchev–Trinajstić information content (AvgIpc) is 3.34. The van der Waals surface area contributed by atoms with Crippen molar-refractivity contribution in [1.29, 1.82) is 0 Å². The fraction of sp³-hybridized carbons (Fsp3) is 0.333.